The Morgan fingerprint density at radius 2 is 1.65 bits per heavy atom. The molecule has 0 bridgehead atoms. The molecular weight excluding hydrogens is 392 g/mol. The van der Waals surface area contributed by atoms with Crippen LogP contribution in [0.1, 0.15) is 53.3 Å². The van der Waals surface area contributed by atoms with Crippen molar-refractivity contribution in [2.45, 2.75) is 32.6 Å². The molecule has 0 saturated carbocycles. The summed E-state index contributed by atoms with van der Waals surface area (Å²) in [7, 11) is 0. The van der Waals surface area contributed by atoms with Crippen LogP contribution in [0.5, 0.6) is 0 Å². The number of piperidine rings is 1. The summed E-state index contributed by atoms with van der Waals surface area (Å²) in [4.78, 5) is 38.8. The van der Waals surface area contributed by atoms with Crippen LogP contribution in [0.2, 0.25) is 0 Å². The van der Waals surface area contributed by atoms with Crippen molar-refractivity contribution in [1.82, 2.24) is 10.2 Å². The molecule has 0 unspecified atom stereocenters. The van der Waals surface area contributed by atoms with Crippen LogP contribution in [0.25, 0.3) is 0 Å². The van der Waals surface area contributed by atoms with E-state index >= 15 is 0 Å². The normalized spacial score (nSPS) is 13.4. The molecule has 2 aromatic rings. The molecule has 1 heterocycles. The molecule has 164 valence electrons. The van der Waals surface area contributed by atoms with E-state index < -0.39 is 0 Å². The van der Waals surface area contributed by atoms with Crippen molar-refractivity contribution >= 4 is 29.1 Å². The smallest absolute Gasteiger partial charge is 0.253 e. The van der Waals surface area contributed by atoms with Gasteiger partial charge in [0.2, 0.25) is 5.91 Å². The van der Waals surface area contributed by atoms with Gasteiger partial charge in [-0.15, -0.1) is 0 Å². The lowest BCUT2D eigenvalue weighted by molar-refractivity contribution is -0.114. The van der Waals surface area contributed by atoms with Crippen LogP contribution in [-0.2, 0) is 4.79 Å². The predicted octanol–water partition coefficient (Wildman–Crippen LogP) is 3.50. The Bertz CT molecular complexity index is 905. The number of benzene rings is 2. The summed E-state index contributed by atoms with van der Waals surface area (Å²) in [5, 5.41) is 8.70. The third kappa shape index (κ3) is 6.57. The Balaban J connectivity index is 1.50. The van der Waals surface area contributed by atoms with Gasteiger partial charge in [0.15, 0.2) is 0 Å². The number of nitrogens with zero attached hydrogens (tertiary/aromatic N) is 1. The van der Waals surface area contributed by atoms with E-state index in [9.17, 15) is 14.4 Å². The largest absolute Gasteiger partial charge is 0.376 e. The third-order valence-electron chi connectivity index (χ3n) is 5.17. The van der Waals surface area contributed by atoms with Crippen LogP contribution in [0.3, 0.4) is 0 Å². The summed E-state index contributed by atoms with van der Waals surface area (Å²) >= 11 is 0. The van der Waals surface area contributed by atoms with Gasteiger partial charge in [-0.05, 0) is 68.1 Å². The number of amides is 3. The fourth-order valence-corrected chi connectivity index (χ4v) is 3.48. The number of hydrogen-bond donors (Lipinski definition) is 3. The lowest BCUT2D eigenvalue weighted by Crippen LogP contribution is -2.35. The van der Waals surface area contributed by atoms with Gasteiger partial charge in [0.25, 0.3) is 11.8 Å². The standard InChI is InChI=1S/C24H30N4O3/c1-2-13-25-23(30)18-9-11-20(12-10-18)26-17-22(29)27-21-8-6-7-19(16-21)24(31)28-14-4-3-5-15-28/h6-12,16,26H,2-5,13-15,17H2,1H3,(H,25,30)(H,27,29). The van der Waals surface area contributed by atoms with Crippen LogP contribution in [0.4, 0.5) is 11.4 Å². The molecule has 0 spiro atoms. The van der Waals surface area contributed by atoms with E-state index in [1.807, 2.05) is 11.8 Å². The van der Waals surface area contributed by atoms with Gasteiger partial charge in [-0.3, -0.25) is 14.4 Å². The monoisotopic (exact) mass is 422 g/mol. The molecule has 1 aliphatic rings. The fraction of sp³-hybridized carbons (Fsp3) is 0.375. The number of rotatable bonds is 8. The molecule has 0 aliphatic carbocycles. The molecule has 1 aliphatic heterocycles. The van der Waals surface area contributed by atoms with E-state index in [4.69, 9.17) is 0 Å². The maximum absolute atomic E-state index is 12.7. The van der Waals surface area contributed by atoms with Gasteiger partial charge in [0.05, 0.1) is 6.54 Å². The van der Waals surface area contributed by atoms with Gasteiger partial charge in [-0.25, -0.2) is 0 Å². The molecular formula is C24H30N4O3. The SMILES string of the molecule is CCCNC(=O)c1ccc(NCC(=O)Nc2cccc(C(=O)N3CCCCC3)c2)cc1. The number of nitrogens with one attached hydrogen (secondary N) is 3. The van der Waals surface area contributed by atoms with Gasteiger partial charge in [-0.2, -0.15) is 0 Å². The number of carbonyl (C=O) groups excluding carboxylic acids is 3. The molecule has 3 N–H and O–H groups in total. The Morgan fingerprint density at radius 1 is 0.903 bits per heavy atom. The summed E-state index contributed by atoms with van der Waals surface area (Å²) in [6.07, 6.45) is 4.13. The van der Waals surface area contributed by atoms with Crippen molar-refractivity contribution < 1.29 is 14.4 Å². The Labute approximate surface area is 183 Å². The first kappa shape index (κ1) is 22.3. The van der Waals surface area contributed by atoms with Crippen LogP contribution in [0, 0.1) is 0 Å². The quantitative estimate of drug-likeness (QED) is 0.607. The molecule has 7 heteroatoms. The van der Waals surface area contributed by atoms with E-state index in [-0.39, 0.29) is 24.3 Å². The average Bonchev–Trinajstić information content (AvgIpc) is 2.81. The highest BCUT2D eigenvalue weighted by molar-refractivity contribution is 5.98. The zero-order valence-electron chi connectivity index (χ0n) is 17.9. The van der Waals surface area contributed by atoms with Crippen molar-refractivity contribution in [1.29, 1.82) is 0 Å². The molecule has 1 fully saturated rings. The maximum atomic E-state index is 12.7. The first-order valence-electron chi connectivity index (χ1n) is 10.9. The minimum atomic E-state index is -0.215. The Morgan fingerprint density at radius 3 is 2.35 bits per heavy atom. The van der Waals surface area contributed by atoms with Crippen molar-refractivity contribution in [2.24, 2.45) is 0 Å². The van der Waals surface area contributed by atoms with Crippen LogP contribution in [0.15, 0.2) is 48.5 Å². The van der Waals surface area contributed by atoms with Crippen molar-refractivity contribution in [2.75, 3.05) is 36.8 Å². The lowest BCUT2D eigenvalue weighted by Gasteiger charge is -2.26. The topological polar surface area (TPSA) is 90.5 Å². The summed E-state index contributed by atoms with van der Waals surface area (Å²) in [6, 6.07) is 14.0. The second-order valence-corrected chi connectivity index (χ2v) is 7.67. The highest BCUT2D eigenvalue weighted by Gasteiger charge is 2.18. The molecule has 7 nitrogen and oxygen atoms in total. The van der Waals surface area contributed by atoms with Crippen molar-refractivity contribution in [3.63, 3.8) is 0 Å². The van der Waals surface area contributed by atoms with Gasteiger partial charge in [0.1, 0.15) is 0 Å². The number of anilines is 2. The first-order chi connectivity index (χ1) is 15.1. The Hall–Kier alpha value is -3.35. The van der Waals surface area contributed by atoms with E-state index in [1.54, 1.807) is 48.5 Å². The molecule has 0 radical (unpaired) electrons. The van der Waals surface area contributed by atoms with Gasteiger partial charge in [0, 0.05) is 42.1 Å². The predicted molar refractivity (Wildman–Crippen MR) is 122 cm³/mol. The average molecular weight is 423 g/mol. The zero-order chi connectivity index (χ0) is 22.1. The second-order valence-electron chi connectivity index (χ2n) is 7.67. The van der Waals surface area contributed by atoms with E-state index in [0.29, 0.717) is 23.4 Å². The van der Waals surface area contributed by atoms with Crippen molar-refractivity contribution in [3.8, 4) is 0 Å². The molecule has 31 heavy (non-hydrogen) atoms. The maximum Gasteiger partial charge on any atom is 0.253 e. The molecule has 2 aromatic carbocycles. The number of likely N-dealkylation sites (tertiary alicyclic amines) is 1. The zero-order valence-corrected chi connectivity index (χ0v) is 17.9. The van der Waals surface area contributed by atoms with Crippen molar-refractivity contribution in [3.05, 3.63) is 59.7 Å². The van der Waals surface area contributed by atoms with Gasteiger partial charge in [-0.1, -0.05) is 13.0 Å². The van der Waals surface area contributed by atoms with Crippen LogP contribution in [-0.4, -0.2) is 48.8 Å². The van der Waals surface area contributed by atoms with E-state index in [1.165, 1.54) is 6.42 Å². The fourth-order valence-electron chi connectivity index (χ4n) is 3.48. The number of hydrogen-bond acceptors (Lipinski definition) is 4. The molecule has 1 saturated heterocycles. The second kappa shape index (κ2) is 11.2. The van der Waals surface area contributed by atoms with Crippen LogP contribution < -0.4 is 16.0 Å². The highest BCUT2D eigenvalue weighted by Crippen LogP contribution is 2.16. The van der Waals surface area contributed by atoms with E-state index in [2.05, 4.69) is 16.0 Å². The number of carbonyl (C=O) groups is 3. The summed E-state index contributed by atoms with van der Waals surface area (Å²) in [5.74, 6) is -0.311. The van der Waals surface area contributed by atoms with Gasteiger partial charge < -0.3 is 20.9 Å². The van der Waals surface area contributed by atoms with Gasteiger partial charge >= 0.3 is 0 Å². The molecule has 3 amide bonds. The third-order valence-corrected chi connectivity index (χ3v) is 5.17. The summed E-state index contributed by atoms with van der Waals surface area (Å²) in [5.41, 5.74) is 2.51. The van der Waals surface area contributed by atoms with Crippen LogP contribution >= 0.6 is 0 Å². The molecule has 0 aromatic heterocycles. The summed E-state index contributed by atoms with van der Waals surface area (Å²) in [6.45, 7) is 4.30. The molecule has 0 atom stereocenters. The Kier molecular flexibility index (Phi) is 8.04. The lowest BCUT2D eigenvalue weighted by atomic mass is 10.1. The van der Waals surface area contributed by atoms with E-state index in [0.717, 1.165) is 38.0 Å². The minimum absolute atomic E-state index is 0.0111. The first-order valence-corrected chi connectivity index (χ1v) is 10.9. The summed E-state index contributed by atoms with van der Waals surface area (Å²) < 4.78 is 0. The highest BCUT2D eigenvalue weighted by atomic mass is 16.2. The minimum Gasteiger partial charge on any atom is -0.376 e. The molecule has 3 rings (SSSR count).